The van der Waals surface area contributed by atoms with Gasteiger partial charge in [0, 0.05) is 23.7 Å². The van der Waals surface area contributed by atoms with Crippen LogP contribution in [0.3, 0.4) is 0 Å². The van der Waals surface area contributed by atoms with E-state index in [9.17, 15) is 27.2 Å². The molecule has 1 aliphatic heterocycles. The highest BCUT2D eigenvalue weighted by Crippen LogP contribution is 2.27. The molecule has 0 fully saturated rings. The molecule has 2 aromatic rings. The van der Waals surface area contributed by atoms with Crippen molar-refractivity contribution < 1.29 is 31.7 Å². The third-order valence-corrected chi connectivity index (χ3v) is 4.86. The summed E-state index contributed by atoms with van der Waals surface area (Å²) in [7, 11) is 0. The van der Waals surface area contributed by atoms with Gasteiger partial charge in [-0.05, 0) is 32.0 Å². The number of urea groups is 1. The average Bonchev–Trinajstić information content (AvgIpc) is 3.10. The van der Waals surface area contributed by atoms with E-state index in [2.05, 4.69) is 10.5 Å². The van der Waals surface area contributed by atoms with Gasteiger partial charge in [-0.3, -0.25) is 4.79 Å². The Morgan fingerprint density at radius 3 is 2.74 bits per heavy atom. The highest BCUT2D eigenvalue weighted by molar-refractivity contribution is 5.94. The molecule has 2 N–H and O–H groups in total. The third-order valence-electron chi connectivity index (χ3n) is 4.86. The molecule has 1 aromatic carbocycles. The quantitative estimate of drug-likeness (QED) is 0.713. The molecule has 0 saturated heterocycles. The topological polar surface area (TPSA) is 111 Å². The maximum atomic E-state index is 13.5. The second kappa shape index (κ2) is 8.25. The van der Waals surface area contributed by atoms with Crippen molar-refractivity contribution in [2.75, 3.05) is 5.32 Å². The van der Waals surface area contributed by atoms with Crippen molar-refractivity contribution in [3.63, 3.8) is 0 Å². The molecule has 1 aliphatic rings. The standard InChI is InChI=1S/C19H17F4N5O3/c1-9-5-15-13(16(31-27-15)17(29)25-10(2)19(21,22)23)8-28(9)18(30)26-12-3-4-14(20)11(6-12)7-24/h3-4,6,9-10H,5,8H2,1-2H3,(H,25,29)(H,26,30)/t9?,10-/m1/s1. The fraction of sp³-hybridized carbons (Fsp3) is 0.368. The van der Waals surface area contributed by atoms with Crippen LogP contribution in [-0.4, -0.2) is 40.3 Å². The first-order valence-electron chi connectivity index (χ1n) is 9.13. The van der Waals surface area contributed by atoms with Gasteiger partial charge in [0.1, 0.15) is 17.9 Å². The van der Waals surface area contributed by atoms with Crippen LogP contribution in [0.25, 0.3) is 0 Å². The van der Waals surface area contributed by atoms with E-state index < -0.39 is 35.7 Å². The summed E-state index contributed by atoms with van der Waals surface area (Å²) in [4.78, 5) is 26.3. The smallest absolute Gasteiger partial charge is 0.350 e. The number of alkyl halides is 3. The molecular weight excluding hydrogens is 422 g/mol. The van der Waals surface area contributed by atoms with Crippen molar-refractivity contribution in [2.45, 2.75) is 45.1 Å². The fourth-order valence-electron chi connectivity index (χ4n) is 3.06. The summed E-state index contributed by atoms with van der Waals surface area (Å²) in [6.07, 6.45) is -4.42. The number of halogens is 4. The zero-order valence-corrected chi connectivity index (χ0v) is 16.4. The number of fused-ring (bicyclic) bond motifs is 1. The van der Waals surface area contributed by atoms with Crippen molar-refractivity contribution in [3.8, 4) is 6.07 Å². The van der Waals surface area contributed by atoms with E-state index in [0.29, 0.717) is 5.69 Å². The molecule has 0 saturated carbocycles. The Hall–Kier alpha value is -3.62. The van der Waals surface area contributed by atoms with E-state index in [1.807, 2.05) is 0 Å². The molecule has 164 valence electrons. The number of rotatable bonds is 3. The summed E-state index contributed by atoms with van der Waals surface area (Å²) >= 11 is 0. The number of hydrogen-bond donors (Lipinski definition) is 2. The Bertz CT molecular complexity index is 1060. The Morgan fingerprint density at radius 1 is 1.39 bits per heavy atom. The van der Waals surface area contributed by atoms with E-state index in [1.54, 1.807) is 18.3 Å². The fourth-order valence-corrected chi connectivity index (χ4v) is 3.06. The lowest BCUT2D eigenvalue weighted by atomic mass is 10.00. The molecular formula is C19H17F4N5O3. The Morgan fingerprint density at radius 2 is 2.10 bits per heavy atom. The second-order valence-corrected chi connectivity index (χ2v) is 7.09. The highest BCUT2D eigenvalue weighted by atomic mass is 19.4. The van der Waals surface area contributed by atoms with Crippen molar-refractivity contribution in [3.05, 3.63) is 46.6 Å². The van der Waals surface area contributed by atoms with Crippen LogP contribution in [0.4, 0.5) is 28.0 Å². The first-order chi connectivity index (χ1) is 14.5. The van der Waals surface area contributed by atoms with Crippen LogP contribution in [0.2, 0.25) is 0 Å². The van der Waals surface area contributed by atoms with Gasteiger partial charge in [0.05, 0.1) is 17.8 Å². The van der Waals surface area contributed by atoms with E-state index in [-0.39, 0.29) is 35.8 Å². The van der Waals surface area contributed by atoms with Crippen LogP contribution in [-0.2, 0) is 13.0 Å². The molecule has 0 spiro atoms. The SMILES string of the molecule is CC1Cc2noc(C(=O)N[C@H](C)C(F)(F)F)c2CN1C(=O)Nc1ccc(F)c(C#N)c1. The van der Waals surface area contributed by atoms with Crippen molar-refractivity contribution in [1.82, 2.24) is 15.4 Å². The summed E-state index contributed by atoms with van der Waals surface area (Å²) in [5, 5.41) is 17.0. The molecule has 0 aliphatic carbocycles. The number of hydrogen-bond acceptors (Lipinski definition) is 5. The van der Waals surface area contributed by atoms with Crippen molar-refractivity contribution >= 4 is 17.6 Å². The minimum atomic E-state index is -4.63. The van der Waals surface area contributed by atoms with E-state index in [4.69, 9.17) is 9.78 Å². The number of nitrogens with zero attached hydrogens (tertiary/aromatic N) is 3. The number of nitrogens with one attached hydrogen (secondary N) is 2. The lowest BCUT2D eigenvalue weighted by molar-refractivity contribution is -0.149. The molecule has 2 heterocycles. The van der Waals surface area contributed by atoms with Crippen molar-refractivity contribution in [2.24, 2.45) is 0 Å². The summed E-state index contributed by atoms with van der Waals surface area (Å²) in [6.45, 7) is 2.37. The molecule has 1 aromatic heterocycles. The van der Waals surface area contributed by atoms with Crippen LogP contribution in [0.15, 0.2) is 22.7 Å². The number of nitriles is 1. The van der Waals surface area contributed by atoms with Gasteiger partial charge < -0.3 is 20.1 Å². The van der Waals surface area contributed by atoms with Gasteiger partial charge in [-0.15, -0.1) is 0 Å². The van der Waals surface area contributed by atoms with Gasteiger partial charge >= 0.3 is 12.2 Å². The Labute approximate surface area is 173 Å². The van der Waals surface area contributed by atoms with Crippen LogP contribution in [0.5, 0.6) is 0 Å². The number of carbonyl (C=O) groups is 2. The molecule has 0 radical (unpaired) electrons. The van der Waals surface area contributed by atoms with Gasteiger partial charge in [-0.1, -0.05) is 5.16 Å². The number of amides is 3. The normalized spacial score (nSPS) is 16.8. The first-order valence-corrected chi connectivity index (χ1v) is 9.13. The van der Waals surface area contributed by atoms with Crippen LogP contribution < -0.4 is 10.6 Å². The van der Waals surface area contributed by atoms with Crippen molar-refractivity contribution in [1.29, 1.82) is 5.26 Å². The van der Waals surface area contributed by atoms with Crippen LogP contribution in [0.1, 0.15) is 41.2 Å². The summed E-state index contributed by atoms with van der Waals surface area (Å²) in [5.74, 6) is -2.22. The molecule has 0 bridgehead atoms. The third kappa shape index (κ3) is 4.60. The predicted octanol–water partition coefficient (Wildman–Crippen LogP) is 3.34. The molecule has 31 heavy (non-hydrogen) atoms. The first kappa shape index (κ1) is 22.1. The molecule has 12 heteroatoms. The summed E-state index contributed by atoms with van der Waals surface area (Å²) < 4.78 is 56.6. The van der Waals surface area contributed by atoms with Gasteiger partial charge in [0.2, 0.25) is 5.76 Å². The van der Waals surface area contributed by atoms with E-state index in [0.717, 1.165) is 13.0 Å². The maximum absolute atomic E-state index is 13.5. The zero-order chi connectivity index (χ0) is 22.9. The number of anilines is 1. The van der Waals surface area contributed by atoms with E-state index in [1.165, 1.54) is 17.0 Å². The highest BCUT2D eigenvalue weighted by Gasteiger charge is 2.39. The zero-order valence-electron chi connectivity index (χ0n) is 16.4. The van der Waals surface area contributed by atoms with Gasteiger partial charge in [0.25, 0.3) is 5.91 Å². The number of benzene rings is 1. The molecule has 2 atom stereocenters. The molecule has 8 nitrogen and oxygen atoms in total. The largest absolute Gasteiger partial charge is 0.408 e. The van der Waals surface area contributed by atoms with Crippen LogP contribution in [0, 0.1) is 17.1 Å². The molecule has 1 unspecified atom stereocenters. The molecule has 3 rings (SSSR count). The minimum Gasteiger partial charge on any atom is -0.350 e. The lowest BCUT2D eigenvalue weighted by Crippen LogP contribution is -2.46. The average molecular weight is 439 g/mol. The van der Waals surface area contributed by atoms with Gasteiger partial charge in [-0.25, -0.2) is 9.18 Å². The summed E-state index contributed by atoms with van der Waals surface area (Å²) in [5.41, 5.74) is 0.513. The second-order valence-electron chi connectivity index (χ2n) is 7.09. The molecule has 3 amide bonds. The Kier molecular flexibility index (Phi) is 5.88. The number of carbonyl (C=O) groups excluding carboxylic acids is 2. The number of aromatic nitrogens is 1. The van der Waals surface area contributed by atoms with Gasteiger partial charge in [-0.2, -0.15) is 18.4 Å². The minimum absolute atomic E-state index is 0.138. The lowest BCUT2D eigenvalue weighted by Gasteiger charge is -2.32. The predicted molar refractivity (Wildman–Crippen MR) is 98.3 cm³/mol. The maximum Gasteiger partial charge on any atom is 0.408 e. The monoisotopic (exact) mass is 439 g/mol. The van der Waals surface area contributed by atoms with Gasteiger partial charge in [0.15, 0.2) is 0 Å². The summed E-state index contributed by atoms with van der Waals surface area (Å²) in [6, 6.07) is 2.07. The Balaban J connectivity index is 1.78. The van der Waals surface area contributed by atoms with Crippen LogP contribution >= 0.6 is 0 Å². The van der Waals surface area contributed by atoms with E-state index >= 15 is 0 Å².